The molecule has 1 aliphatic carbocycles. The molecule has 0 radical (unpaired) electrons. The Morgan fingerprint density at radius 3 is 2.68 bits per heavy atom. The molecule has 0 spiro atoms. The predicted octanol–water partition coefficient (Wildman–Crippen LogP) is 1.86. The van der Waals surface area contributed by atoms with Gasteiger partial charge in [-0.25, -0.2) is 0 Å². The zero-order valence-electron chi connectivity index (χ0n) is 17.3. The number of likely N-dealkylation sites (N-methyl/N-ethyl adjacent to an activating group) is 1. The van der Waals surface area contributed by atoms with Gasteiger partial charge in [0.15, 0.2) is 0 Å². The van der Waals surface area contributed by atoms with Crippen molar-refractivity contribution in [3.63, 3.8) is 0 Å². The molecule has 1 saturated carbocycles. The highest BCUT2D eigenvalue weighted by atomic mass is 16.5. The molecule has 0 N–H and O–H groups in total. The first-order valence-corrected chi connectivity index (χ1v) is 9.88. The van der Waals surface area contributed by atoms with E-state index in [-0.39, 0.29) is 17.9 Å². The number of amides is 2. The van der Waals surface area contributed by atoms with Crippen LogP contribution in [-0.4, -0.2) is 82.2 Å². The fraction of sp³-hybridized carbons (Fsp3) is 0.619. The molecule has 1 aliphatic heterocycles. The van der Waals surface area contributed by atoms with Crippen LogP contribution in [0.15, 0.2) is 18.2 Å². The van der Waals surface area contributed by atoms with Crippen LogP contribution in [0.3, 0.4) is 0 Å². The Balaban J connectivity index is 1.69. The quantitative estimate of drug-likeness (QED) is 0.679. The number of rotatable bonds is 8. The van der Waals surface area contributed by atoms with Crippen LogP contribution in [0.1, 0.15) is 29.6 Å². The van der Waals surface area contributed by atoms with Gasteiger partial charge in [0.05, 0.1) is 24.8 Å². The van der Waals surface area contributed by atoms with Crippen molar-refractivity contribution >= 4 is 17.5 Å². The molecular formula is C21H31N3O4. The molecule has 0 bridgehead atoms. The molecule has 154 valence electrons. The minimum Gasteiger partial charge on any atom is -0.489 e. The zero-order valence-corrected chi connectivity index (χ0v) is 17.3. The molecule has 1 atom stereocenters. The average Bonchev–Trinajstić information content (AvgIpc) is 3.50. The standard InChI is InChI=1S/C21H31N3O4/c1-22(2)21(26)16-7-8-19-18(11-16)23(3)17(14-28-19)12-20(25)24(9-10-27-4)13-15-5-6-15/h7-8,11,15,17H,5-6,9-10,12-14H2,1-4H3/t17-/m0/s1. The lowest BCUT2D eigenvalue weighted by Gasteiger charge is -2.37. The van der Waals surface area contributed by atoms with Gasteiger partial charge in [0.2, 0.25) is 5.91 Å². The minimum absolute atomic E-state index is 0.0513. The van der Waals surface area contributed by atoms with Crippen molar-refractivity contribution in [1.29, 1.82) is 0 Å². The van der Waals surface area contributed by atoms with Gasteiger partial charge < -0.3 is 24.2 Å². The molecule has 7 nitrogen and oxygen atoms in total. The fourth-order valence-electron chi connectivity index (χ4n) is 3.46. The Hall–Kier alpha value is -2.28. The number of hydrogen-bond donors (Lipinski definition) is 0. The second-order valence-corrected chi connectivity index (χ2v) is 7.94. The second kappa shape index (κ2) is 8.82. The van der Waals surface area contributed by atoms with Crippen molar-refractivity contribution < 1.29 is 19.1 Å². The van der Waals surface area contributed by atoms with E-state index in [0.717, 1.165) is 18.0 Å². The number of nitrogens with zero attached hydrogens (tertiary/aromatic N) is 3. The van der Waals surface area contributed by atoms with Gasteiger partial charge in [0.1, 0.15) is 12.4 Å². The molecule has 1 aromatic rings. The summed E-state index contributed by atoms with van der Waals surface area (Å²) in [6, 6.07) is 5.40. The highest BCUT2D eigenvalue weighted by Crippen LogP contribution is 2.35. The van der Waals surface area contributed by atoms with Gasteiger partial charge in [-0.2, -0.15) is 0 Å². The molecule has 1 aromatic carbocycles. The van der Waals surface area contributed by atoms with Gasteiger partial charge in [-0.3, -0.25) is 9.59 Å². The number of carbonyl (C=O) groups is 2. The summed E-state index contributed by atoms with van der Waals surface area (Å²) in [6.07, 6.45) is 2.80. The SMILES string of the molecule is COCCN(CC1CC1)C(=O)C[C@H]1COc2ccc(C(=O)N(C)C)cc2N1C. The highest BCUT2D eigenvalue weighted by molar-refractivity contribution is 5.95. The lowest BCUT2D eigenvalue weighted by Crippen LogP contribution is -2.45. The van der Waals surface area contributed by atoms with E-state index in [1.54, 1.807) is 32.2 Å². The normalized spacial score (nSPS) is 18.3. The Bertz CT molecular complexity index is 718. The molecule has 1 heterocycles. The van der Waals surface area contributed by atoms with E-state index in [9.17, 15) is 9.59 Å². The summed E-state index contributed by atoms with van der Waals surface area (Å²) >= 11 is 0. The first-order valence-electron chi connectivity index (χ1n) is 9.88. The maximum atomic E-state index is 12.9. The number of fused-ring (bicyclic) bond motifs is 1. The number of carbonyl (C=O) groups excluding carboxylic acids is 2. The van der Waals surface area contributed by atoms with Crippen LogP contribution in [0.25, 0.3) is 0 Å². The highest BCUT2D eigenvalue weighted by Gasteiger charge is 2.31. The Kier molecular flexibility index (Phi) is 6.44. The van der Waals surface area contributed by atoms with E-state index in [2.05, 4.69) is 4.90 Å². The van der Waals surface area contributed by atoms with Crippen LogP contribution in [0.5, 0.6) is 5.75 Å². The van der Waals surface area contributed by atoms with E-state index >= 15 is 0 Å². The van der Waals surface area contributed by atoms with Crippen molar-refractivity contribution in [2.75, 3.05) is 59.5 Å². The number of hydrogen-bond acceptors (Lipinski definition) is 5. The van der Waals surface area contributed by atoms with E-state index in [1.807, 2.05) is 24.1 Å². The van der Waals surface area contributed by atoms with Crippen LogP contribution in [-0.2, 0) is 9.53 Å². The largest absolute Gasteiger partial charge is 0.489 e. The molecule has 0 aromatic heterocycles. The summed E-state index contributed by atoms with van der Waals surface area (Å²) in [5.74, 6) is 1.47. The van der Waals surface area contributed by atoms with Crippen molar-refractivity contribution in [3.8, 4) is 5.75 Å². The predicted molar refractivity (Wildman–Crippen MR) is 108 cm³/mol. The van der Waals surface area contributed by atoms with Gasteiger partial charge in [-0.05, 0) is 37.0 Å². The third-order valence-corrected chi connectivity index (χ3v) is 5.47. The van der Waals surface area contributed by atoms with Crippen LogP contribution in [0.4, 0.5) is 5.69 Å². The third-order valence-electron chi connectivity index (χ3n) is 5.47. The summed E-state index contributed by atoms with van der Waals surface area (Å²) in [4.78, 5) is 30.8. The first kappa shape index (κ1) is 20.5. The van der Waals surface area contributed by atoms with Gasteiger partial charge in [-0.1, -0.05) is 0 Å². The van der Waals surface area contributed by atoms with Crippen LogP contribution < -0.4 is 9.64 Å². The summed E-state index contributed by atoms with van der Waals surface area (Å²) < 4.78 is 11.1. The summed E-state index contributed by atoms with van der Waals surface area (Å²) in [6.45, 7) is 2.45. The maximum absolute atomic E-state index is 12.9. The Morgan fingerprint density at radius 1 is 1.29 bits per heavy atom. The topological polar surface area (TPSA) is 62.3 Å². The molecule has 2 amide bonds. The van der Waals surface area contributed by atoms with Gasteiger partial charge >= 0.3 is 0 Å². The van der Waals surface area contributed by atoms with Crippen molar-refractivity contribution in [1.82, 2.24) is 9.80 Å². The van der Waals surface area contributed by atoms with Crippen molar-refractivity contribution in [2.45, 2.75) is 25.3 Å². The lowest BCUT2D eigenvalue weighted by molar-refractivity contribution is -0.132. The maximum Gasteiger partial charge on any atom is 0.253 e. The number of anilines is 1. The molecule has 3 rings (SSSR count). The lowest BCUT2D eigenvalue weighted by atomic mass is 10.1. The first-order chi connectivity index (χ1) is 13.4. The molecular weight excluding hydrogens is 358 g/mol. The van der Waals surface area contributed by atoms with Gasteiger partial charge in [0, 0.05) is 46.9 Å². The monoisotopic (exact) mass is 389 g/mol. The van der Waals surface area contributed by atoms with Crippen molar-refractivity contribution in [3.05, 3.63) is 23.8 Å². The van der Waals surface area contributed by atoms with Gasteiger partial charge in [0.25, 0.3) is 5.91 Å². The second-order valence-electron chi connectivity index (χ2n) is 7.94. The Morgan fingerprint density at radius 2 is 2.04 bits per heavy atom. The average molecular weight is 389 g/mol. The Labute approximate surface area is 167 Å². The number of benzene rings is 1. The molecule has 1 fully saturated rings. The number of methoxy groups -OCH3 is 1. The third kappa shape index (κ3) is 4.76. The smallest absolute Gasteiger partial charge is 0.253 e. The van der Waals surface area contributed by atoms with Crippen molar-refractivity contribution in [2.24, 2.45) is 5.92 Å². The zero-order chi connectivity index (χ0) is 20.3. The molecule has 2 aliphatic rings. The van der Waals surface area contributed by atoms with Crippen LogP contribution in [0.2, 0.25) is 0 Å². The van der Waals surface area contributed by atoms with E-state index in [0.29, 0.717) is 37.7 Å². The number of ether oxygens (including phenoxy) is 2. The molecule has 0 unspecified atom stereocenters. The van der Waals surface area contributed by atoms with Crippen LogP contribution >= 0.6 is 0 Å². The summed E-state index contributed by atoms with van der Waals surface area (Å²) in [7, 11) is 7.09. The van der Waals surface area contributed by atoms with E-state index in [4.69, 9.17) is 9.47 Å². The van der Waals surface area contributed by atoms with E-state index in [1.165, 1.54) is 12.8 Å². The van der Waals surface area contributed by atoms with Gasteiger partial charge in [-0.15, -0.1) is 0 Å². The van der Waals surface area contributed by atoms with E-state index < -0.39 is 0 Å². The summed E-state index contributed by atoms with van der Waals surface area (Å²) in [5, 5.41) is 0. The van der Waals surface area contributed by atoms with Crippen LogP contribution in [0, 0.1) is 5.92 Å². The molecule has 7 heteroatoms. The minimum atomic E-state index is -0.0612. The molecule has 28 heavy (non-hydrogen) atoms. The fourth-order valence-corrected chi connectivity index (χ4v) is 3.46. The summed E-state index contributed by atoms with van der Waals surface area (Å²) in [5.41, 5.74) is 1.46. The molecule has 0 saturated heterocycles.